The van der Waals surface area contributed by atoms with E-state index in [0.29, 0.717) is 4.88 Å². The van der Waals surface area contributed by atoms with Gasteiger partial charge in [0.1, 0.15) is 18.2 Å². The molecule has 0 aliphatic carbocycles. The molecule has 1 rings (SSSR count). The number of hydrogen-bond donors (Lipinski definition) is 2. The minimum Gasteiger partial charge on any atom is -0.456 e. The minimum atomic E-state index is -0.776. The van der Waals surface area contributed by atoms with E-state index in [2.05, 4.69) is 10.1 Å². The molecular formula is C14H15N3O4S. The monoisotopic (exact) mass is 321 g/mol. The largest absolute Gasteiger partial charge is 0.456 e. The number of nitrogens with two attached hydrogens (primary N) is 1. The maximum absolute atomic E-state index is 11.7. The van der Waals surface area contributed by atoms with Crippen molar-refractivity contribution in [2.24, 2.45) is 5.73 Å². The highest BCUT2D eigenvalue weighted by Crippen LogP contribution is 2.14. The fourth-order valence-corrected chi connectivity index (χ4v) is 2.22. The van der Waals surface area contributed by atoms with Crippen molar-refractivity contribution >= 4 is 29.0 Å². The summed E-state index contributed by atoms with van der Waals surface area (Å²) in [5, 5.41) is 11.1. The van der Waals surface area contributed by atoms with Gasteiger partial charge in [-0.25, -0.2) is 0 Å². The molecule has 22 heavy (non-hydrogen) atoms. The molecule has 0 unspecified atom stereocenters. The SMILES string of the molecule is CC(N)=C(C#N)C(=O)COC(=O)CNC(=O)c1ccc(C)s1. The second kappa shape index (κ2) is 7.95. The van der Waals surface area contributed by atoms with Crippen LogP contribution in [0.15, 0.2) is 23.4 Å². The molecule has 0 saturated heterocycles. The van der Waals surface area contributed by atoms with Crippen LogP contribution in [0.3, 0.4) is 0 Å². The fraction of sp³-hybridized carbons (Fsp3) is 0.286. The summed E-state index contributed by atoms with van der Waals surface area (Å²) in [5.74, 6) is -1.85. The number of esters is 1. The highest BCUT2D eigenvalue weighted by atomic mass is 32.1. The second-order valence-electron chi connectivity index (χ2n) is 4.35. The molecule has 0 atom stereocenters. The van der Waals surface area contributed by atoms with E-state index in [-0.39, 0.29) is 17.8 Å². The molecule has 0 fully saturated rings. The van der Waals surface area contributed by atoms with Gasteiger partial charge in [-0.3, -0.25) is 14.4 Å². The smallest absolute Gasteiger partial charge is 0.325 e. The number of rotatable bonds is 6. The Bertz CT molecular complexity index is 666. The van der Waals surface area contributed by atoms with Crippen LogP contribution in [0.4, 0.5) is 0 Å². The Labute approximate surface area is 131 Å². The van der Waals surface area contributed by atoms with Crippen LogP contribution in [-0.4, -0.2) is 30.8 Å². The van der Waals surface area contributed by atoms with Crippen molar-refractivity contribution in [2.45, 2.75) is 13.8 Å². The lowest BCUT2D eigenvalue weighted by atomic mass is 10.1. The van der Waals surface area contributed by atoms with Gasteiger partial charge in [0.2, 0.25) is 5.78 Å². The van der Waals surface area contributed by atoms with E-state index >= 15 is 0 Å². The van der Waals surface area contributed by atoms with Gasteiger partial charge in [0.15, 0.2) is 6.61 Å². The molecule has 116 valence electrons. The highest BCUT2D eigenvalue weighted by Gasteiger charge is 2.15. The fourth-order valence-electron chi connectivity index (χ4n) is 1.44. The van der Waals surface area contributed by atoms with Crippen molar-refractivity contribution in [2.75, 3.05) is 13.2 Å². The van der Waals surface area contributed by atoms with Crippen molar-refractivity contribution in [3.8, 4) is 6.07 Å². The van der Waals surface area contributed by atoms with Crippen LogP contribution in [0.25, 0.3) is 0 Å². The average Bonchev–Trinajstić information content (AvgIpc) is 2.89. The van der Waals surface area contributed by atoms with Crippen LogP contribution in [0.2, 0.25) is 0 Å². The molecule has 0 spiro atoms. The number of nitrogens with one attached hydrogen (secondary N) is 1. The number of aryl methyl sites for hydroxylation is 1. The summed E-state index contributed by atoms with van der Waals surface area (Å²) < 4.78 is 4.69. The van der Waals surface area contributed by atoms with Crippen LogP contribution < -0.4 is 11.1 Å². The predicted octanol–water partition coefficient (Wildman–Crippen LogP) is 0.655. The molecule has 0 saturated carbocycles. The number of allylic oxidation sites excluding steroid dienone is 1. The number of nitriles is 1. The van der Waals surface area contributed by atoms with Gasteiger partial charge in [-0.05, 0) is 26.0 Å². The Morgan fingerprint density at radius 1 is 1.41 bits per heavy atom. The first-order valence-electron chi connectivity index (χ1n) is 6.25. The molecule has 8 heteroatoms. The van der Waals surface area contributed by atoms with Crippen molar-refractivity contribution in [1.29, 1.82) is 5.26 Å². The maximum atomic E-state index is 11.7. The lowest BCUT2D eigenvalue weighted by molar-refractivity contribution is -0.145. The van der Waals surface area contributed by atoms with E-state index in [1.54, 1.807) is 18.2 Å². The number of carbonyl (C=O) groups excluding carboxylic acids is 3. The number of ether oxygens (including phenoxy) is 1. The van der Waals surface area contributed by atoms with Crippen molar-refractivity contribution < 1.29 is 19.1 Å². The van der Waals surface area contributed by atoms with Crippen molar-refractivity contribution in [1.82, 2.24) is 5.32 Å². The van der Waals surface area contributed by atoms with Crippen molar-refractivity contribution in [3.63, 3.8) is 0 Å². The zero-order chi connectivity index (χ0) is 16.7. The Morgan fingerprint density at radius 2 is 2.09 bits per heavy atom. The number of ketones is 1. The second-order valence-corrected chi connectivity index (χ2v) is 5.63. The van der Waals surface area contributed by atoms with Crippen LogP contribution in [-0.2, 0) is 14.3 Å². The van der Waals surface area contributed by atoms with Gasteiger partial charge in [-0.1, -0.05) is 0 Å². The van der Waals surface area contributed by atoms with Gasteiger partial charge < -0.3 is 15.8 Å². The first kappa shape index (κ1) is 17.4. The molecule has 1 aromatic heterocycles. The minimum absolute atomic E-state index is 0.0601. The Kier molecular flexibility index (Phi) is 6.28. The average molecular weight is 321 g/mol. The topological polar surface area (TPSA) is 122 Å². The summed E-state index contributed by atoms with van der Waals surface area (Å²) >= 11 is 1.30. The summed E-state index contributed by atoms with van der Waals surface area (Å²) in [6.07, 6.45) is 0. The molecule has 0 aliphatic rings. The van der Waals surface area contributed by atoms with E-state index in [1.807, 2.05) is 6.92 Å². The first-order valence-corrected chi connectivity index (χ1v) is 7.06. The van der Waals surface area contributed by atoms with E-state index in [1.165, 1.54) is 18.3 Å². The number of Topliss-reactive ketones (excluding diaryl/α,β-unsaturated/α-hetero) is 1. The summed E-state index contributed by atoms with van der Waals surface area (Å²) in [5.41, 5.74) is 5.17. The standard InChI is InChI=1S/C14H15N3O4S/c1-8-3-4-12(22-8)14(20)17-6-13(19)21-7-11(18)10(5-15)9(2)16/h3-4H,6-7,16H2,1-2H3,(H,17,20). The molecule has 1 aromatic rings. The number of thiophene rings is 1. The molecule has 1 amide bonds. The molecule has 7 nitrogen and oxygen atoms in total. The zero-order valence-corrected chi connectivity index (χ0v) is 13.0. The van der Waals surface area contributed by atoms with Gasteiger partial charge in [-0.2, -0.15) is 5.26 Å². The van der Waals surface area contributed by atoms with Gasteiger partial charge in [-0.15, -0.1) is 11.3 Å². The van der Waals surface area contributed by atoms with Gasteiger partial charge >= 0.3 is 5.97 Å². The van der Waals surface area contributed by atoms with Gasteiger partial charge in [0.25, 0.3) is 5.91 Å². The quantitative estimate of drug-likeness (QED) is 0.451. The van der Waals surface area contributed by atoms with Crippen LogP contribution in [0.5, 0.6) is 0 Å². The van der Waals surface area contributed by atoms with Crippen LogP contribution in [0, 0.1) is 18.3 Å². The Morgan fingerprint density at radius 3 is 2.59 bits per heavy atom. The number of amides is 1. The Hall–Kier alpha value is -2.66. The summed E-state index contributed by atoms with van der Waals surface area (Å²) in [6.45, 7) is 2.31. The molecule has 1 heterocycles. The Balaban J connectivity index is 2.42. The van der Waals surface area contributed by atoms with E-state index in [0.717, 1.165) is 4.88 Å². The third-order valence-electron chi connectivity index (χ3n) is 2.51. The maximum Gasteiger partial charge on any atom is 0.325 e. The van der Waals surface area contributed by atoms with Crippen molar-refractivity contribution in [3.05, 3.63) is 33.2 Å². The van der Waals surface area contributed by atoms with Gasteiger partial charge in [0.05, 0.1) is 4.88 Å². The number of nitrogens with zero attached hydrogens (tertiary/aromatic N) is 1. The molecule has 3 N–H and O–H groups in total. The lowest BCUT2D eigenvalue weighted by Crippen LogP contribution is -2.31. The van der Waals surface area contributed by atoms with E-state index < -0.39 is 24.3 Å². The number of carbonyl (C=O) groups is 3. The van der Waals surface area contributed by atoms with E-state index in [9.17, 15) is 14.4 Å². The highest BCUT2D eigenvalue weighted by molar-refractivity contribution is 7.13. The summed E-state index contributed by atoms with van der Waals surface area (Å²) in [7, 11) is 0. The van der Waals surface area contributed by atoms with E-state index in [4.69, 9.17) is 11.0 Å². The van der Waals surface area contributed by atoms with Crippen LogP contribution >= 0.6 is 11.3 Å². The van der Waals surface area contributed by atoms with Crippen LogP contribution in [0.1, 0.15) is 21.5 Å². The molecule has 0 radical (unpaired) electrons. The third-order valence-corrected chi connectivity index (χ3v) is 3.51. The normalized spacial score (nSPS) is 11.1. The first-order chi connectivity index (χ1) is 10.3. The zero-order valence-electron chi connectivity index (χ0n) is 12.1. The number of hydrogen-bond acceptors (Lipinski definition) is 7. The molecular weight excluding hydrogens is 306 g/mol. The third kappa shape index (κ3) is 5.03. The lowest BCUT2D eigenvalue weighted by Gasteiger charge is -2.05. The van der Waals surface area contributed by atoms with Gasteiger partial charge in [0, 0.05) is 10.6 Å². The molecule has 0 bridgehead atoms. The molecule has 0 aliphatic heterocycles. The molecule has 0 aromatic carbocycles. The summed E-state index contributed by atoms with van der Waals surface area (Å²) in [4.78, 5) is 36.2. The summed E-state index contributed by atoms with van der Waals surface area (Å²) in [6, 6.07) is 5.09. The predicted molar refractivity (Wildman–Crippen MR) is 79.9 cm³/mol.